The zero-order valence-corrected chi connectivity index (χ0v) is 10.4. The maximum absolute atomic E-state index is 5.48. The van der Waals surface area contributed by atoms with Crippen LogP contribution in [0.5, 0.6) is 0 Å². The standard InChI is InChI=1S/C12H15N3OS/c13-7-11-14-12(16-15-11)10-6-8-4-2-1-3-5-9(8)17-10/h6H,1-5,7,13H2. The van der Waals surface area contributed by atoms with E-state index < -0.39 is 0 Å². The van der Waals surface area contributed by atoms with Crippen molar-refractivity contribution in [2.45, 2.75) is 38.6 Å². The summed E-state index contributed by atoms with van der Waals surface area (Å²) in [5, 5.41) is 3.83. The number of aromatic nitrogens is 2. The van der Waals surface area contributed by atoms with Gasteiger partial charge in [0.2, 0.25) is 0 Å². The molecule has 0 radical (unpaired) electrons. The van der Waals surface area contributed by atoms with Gasteiger partial charge in [-0.15, -0.1) is 11.3 Å². The summed E-state index contributed by atoms with van der Waals surface area (Å²) in [7, 11) is 0. The molecule has 3 rings (SSSR count). The van der Waals surface area contributed by atoms with Crippen molar-refractivity contribution in [3.05, 3.63) is 22.3 Å². The van der Waals surface area contributed by atoms with E-state index in [1.54, 1.807) is 11.3 Å². The SMILES string of the molecule is NCc1noc(-c2cc3c(s2)CCCCC3)n1. The Morgan fingerprint density at radius 1 is 1.29 bits per heavy atom. The van der Waals surface area contributed by atoms with Gasteiger partial charge in [0.15, 0.2) is 5.82 Å². The number of hydrogen-bond acceptors (Lipinski definition) is 5. The van der Waals surface area contributed by atoms with Gasteiger partial charge in [0.25, 0.3) is 5.89 Å². The van der Waals surface area contributed by atoms with Crippen LogP contribution in [0.25, 0.3) is 10.8 Å². The molecule has 0 spiro atoms. The van der Waals surface area contributed by atoms with E-state index >= 15 is 0 Å². The van der Waals surface area contributed by atoms with Crippen molar-refractivity contribution in [2.75, 3.05) is 0 Å². The predicted molar refractivity (Wildman–Crippen MR) is 66.8 cm³/mol. The fourth-order valence-corrected chi connectivity index (χ4v) is 3.39. The first-order valence-corrected chi connectivity index (χ1v) is 6.83. The van der Waals surface area contributed by atoms with Crippen LogP contribution in [0.15, 0.2) is 10.6 Å². The Bertz CT molecular complexity index is 494. The number of hydrogen-bond donors (Lipinski definition) is 1. The van der Waals surface area contributed by atoms with Crippen LogP contribution < -0.4 is 5.73 Å². The minimum atomic E-state index is 0.328. The maximum atomic E-state index is 5.48. The van der Waals surface area contributed by atoms with Crippen LogP contribution >= 0.6 is 11.3 Å². The van der Waals surface area contributed by atoms with Gasteiger partial charge in [-0.25, -0.2) is 0 Å². The third-order valence-electron chi connectivity index (χ3n) is 3.11. The van der Waals surface area contributed by atoms with Crippen LogP contribution in [0.4, 0.5) is 0 Å². The second-order valence-corrected chi connectivity index (χ2v) is 5.48. The van der Waals surface area contributed by atoms with Gasteiger partial charge in [0.05, 0.1) is 11.4 Å². The molecule has 2 aromatic heterocycles. The minimum Gasteiger partial charge on any atom is -0.333 e. The molecule has 2 heterocycles. The lowest BCUT2D eigenvalue weighted by Gasteiger charge is -1.92. The molecule has 0 saturated carbocycles. The van der Waals surface area contributed by atoms with Crippen molar-refractivity contribution in [2.24, 2.45) is 5.73 Å². The van der Waals surface area contributed by atoms with Crippen molar-refractivity contribution in [1.29, 1.82) is 0 Å². The Kier molecular flexibility index (Phi) is 2.94. The van der Waals surface area contributed by atoms with Crippen LogP contribution in [0.2, 0.25) is 0 Å². The summed E-state index contributed by atoms with van der Waals surface area (Å²) in [6.45, 7) is 0.328. The second kappa shape index (κ2) is 4.58. The largest absolute Gasteiger partial charge is 0.333 e. The molecular weight excluding hydrogens is 234 g/mol. The molecule has 17 heavy (non-hydrogen) atoms. The molecule has 1 aliphatic rings. The Hall–Kier alpha value is -1.20. The number of thiophene rings is 1. The molecule has 4 nitrogen and oxygen atoms in total. The van der Waals surface area contributed by atoms with E-state index in [4.69, 9.17) is 10.3 Å². The second-order valence-electron chi connectivity index (χ2n) is 4.34. The molecule has 2 aromatic rings. The van der Waals surface area contributed by atoms with Crippen LogP contribution in [0.3, 0.4) is 0 Å². The lowest BCUT2D eigenvalue weighted by atomic mass is 10.1. The van der Waals surface area contributed by atoms with E-state index in [-0.39, 0.29) is 0 Å². The molecule has 0 aromatic carbocycles. The van der Waals surface area contributed by atoms with E-state index in [9.17, 15) is 0 Å². The Morgan fingerprint density at radius 3 is 3.00 bits per heavy atom. The average molecular weight is 249 g/mol. The molecule has 1 aliphatic carbocycles. The normalized spacial score (nSPS) is 15.6. The van der Waals surface area contributed by atoms with Crippen molar-refractivity contribution in [1.82, 2.24) is 10.1 Å². The summed E-state index contributed by atoms with van der Waals surface area (Å²) < 4.78 is 5.22. The highest BCUT2D eigenvalue weighted by molar-refractivity contribution is 7.15. The van der Waals surface area contributed by atoms with Crippen LogP contribution in [0, 0.1) is 0 Å². The smallest absolute Gasteiger partial charge is 0.268 e. The topological polar surface area (TPSA) is 64.9 Å². The summed E-state index contributed by atoms with van der Waals surface area (Å²) in [6, 6.07) is 2.21. The molecule has 0 amide bonds. The molecule has 0 unspecified atom stereocenters. The number of nitrogens with two attached hydrogens (primary N) is 1. The van der Waals surface area contributed by atoms with E-state index in [1.165, 1.54) is 42.5 Å². The summed E-state index contributed by atoms with van der Waals surface area (Å²) in [5.74, 6) is 1.19. The first-order valence-electron chi connectivity index (χ1n) is 6.01. The first kappa shape index (κ1) is 10.9. The van der Waals surface area contributed by atoms with Crippen LogP contribution in [-0.4, -0.2) is 10.1 Å². The lowest BCUT2D eigenvalue weighted by molar-refractivity contribution is 0.423. The third kappa shape index (κ3) is 2.12. The van der Waals surface area contributed by atoms with E-state index in [0.29, 0.717) is 18.3 Å². The molecule has 0 aliphatic heterocycles. The van der Waals surface area contributed by atoms with E-state index in [1.807, 2.05) is 0 Å². The van der Waals surface area contributed by atoms with Crippen LogP contribution in [0.1, 0.15) is 35.5 Å². The van der Waals surface area contributed by atoms with Crippen LogP contribution in [-0.2, 0) is 19.4 Å². The fraction of sp³-hybridized carbons (Fsp3) is 0.500. The highest BCUT2D eigenvalue weighted by atomic mass is 32.1. The summed E-state index contributed by atoms with van der Waals surface area (Å²) >= 11 is 1.79. The monoisotopic (exact) mass is 249 g/mol. The third-order valence-corrected chi connectivity index (χ3v) is 4.33. The van der Waals surface area contributed by atoms with Gasteiger partial charge in [0, 0.05) is 4.88 Å². The molecule has 90 valence electrons. The number of fused-ring (bicyclic) bond motifs is 1. The summed E-state index contributed by atoms with van der Waals surface area (Å²) in [5.41, 5.74) is 6.95. The maximum Gasteiger partial charge on any atom is 0.268 e. The van der Waals surface area contributed by atoms with Gasteiger partial charge in [-0.05, 0) is 37.3 Å². The number of rotatable bonds is 2. The van der Waals surface area contributed by atoms with Crippen molar-refractivity contribution >= 4 is 11.3 Å². The van der Waals surface area contributed by atoms with E-state index in [0.717, 1.165) is 4.88 Å². The Labute approximate surface area is 104 Å². The summed E-state index contributed by atoms with van der Waals surface area (Å²) in [4.78, 5) is 6.85. The van der Waals surface area contributed by atoms with Crippen molar-refractivity contribution < 1.29 is 4.52 Å². The summed E-state index contributed by atoms with van der Waals surface area (Å²) in [6.07, 6.45) is 6.31. The van der Waals surface area contributed by atoms with E-state index in [2.05, 4.69) is 16.2 Å². The molecule has 2 N–H and O–H groups in total. The Morgan fingerprint density at radius 2 is 2.18 bits per heavy atom. The quantitative estimate of drug-likeness (QED) is 0.831. The lowest BCUT2D eigenvalue weighted by Crippen LogP contribution is -1.97. The van der Waals surface area contributed by atoms with Gasteiger partial charge < -0.3 is 10.3 Å². The minimum absolute atomic E-state index is 0.328. The molecule has 0 bridgehead atoms. The van der Waals surface area contributed by atoms with Gasteiger partial charge in [-0.1, -0.05) is 11.6 Å². The molecular formula is C12H15N3OS. The van der Waals surface area contributed by atoms with Crippen molar-refractivity contribution in [3.8, 4) is 10.8 Å². The molecule has 0 saturated heterocycles. The zero-order valence-electron chi connectivity index (χ0n) is 9.61. The number of aryl methyl sites for hydroxylation is 2. The highest BCUT2D eigenvalue weighted by Gasteiger charge is 2.16. The van der Waals surface area contributed by atoms with Gasteiger partial charge in [-0.3, -0.25) is 0 Å². The molecule has 0 atom stereocenters. The van der Waals surface area contributed by atoms with Gasteiger partial charge >= 0.3 is 0 Å². The van der Waals surface area contributed by atoms with Crippen molar-refractivity contribution in [3.63, 3.8) is 0 Å². The average Bonchev–Trinajstić information content (AvgIpc) is 2.92. The highest BCUT2D eigenvalue weighted by Crippen LogP contribution is 2.34. The van der Waals surface area contributed by atoms with Gasteiger partial charge in [0.1, 0.15) is 0 Å². The first-order chi connectivity index (χ1) is 8.36. The van der Waals surface area contributed by atoms with Gasteiger partial charge in [-0.2, -0.15) is 4.98 Å². The molecule has 0 fully saturated rings. The fourth-order valence-electron chi connectivity index (χ4n) is 2.21. The Balaban J connectivity index is 1.93. The zero-order chi connectivity index (χ0) is 11.7. The molecule has 5 heteroatoms. The predicted octanol–water partition coefficient (Wildman–Crippen LogP) is 2.53. The number of nitrogens with zero attached hydrogens (tertiary/aromatic N) is 2.